The van der Waals surface area contributed by atoms with E-state index in [2.05, 4.69) is 11.9 Å². The summed E-state index contributed by atoms with van der Waals surface area (Å²) < 4.78 is 33.9. The number of rotatable bonds is 4. The Kier molecular flexibility index (Phi) is 3.71. The van der Waals surface area contributed by atoms with Crippen LogP contribution in [0.3, 0.4) is 0 Å². The molecule has 1 heterocycles. The largest absolute Gasteiger partial charge is 0.490 e. The van der Waals surface area contributed by atoms with E-state index < -0.39 is 11.6 Å². The molecule has 2 nitrogen and oxygen atoms in total. The Balaban J connectivity index is 1.79. The van der Waals surface area contributed by atoms with Gasteiger partial charge in [0.05, 0.1) is 6.10 Å². The smallest absolute Gasteiger partial charge is 0.133 e. The van der Waals surface area contributed by atoms with Crippen molar-refractivity contribution in [2.75, 3.05) is 20.1 Å². The second-order valence-electron chi connectivity index (χ2n) is 7.82. The van der Waals surface area contributed by atoms with Crippen molar-refractivity contribution in [3.05, 3.63) is 29.3 Å². The van der Waals surface area contributed by atoms with Gasteiger partial charge in [0.25, 0.3) is 0 Å². The number of ether oxygens (including phenoxy) is 1. The summed E-state index contributed by atoms with van der Waals surface area (Å²) in [7, 11) is 2.11. The molecule has 1 saturated carbocycles. The van der Waals surface area contributed by atoms with Crippen LogP contribution in [-0.2, 0) is 5.41 Å². The highest BCUT2D eigenvalue weighted by Gasteiger charge is 2.52. The highest BCUT2D eigenvalue weighted by molar-refractivity contribution is 5.41. The Hall–Kier alpha value is -1.16. The first-order valence-electron chi connectivity index (χ1n) is 8.09. The lowest BCUT2D eigenvalue weighted by Crippen LogP contribution is -2.63. The predicted octanol–water partition coefficient (Wildman–Crippen LogP) is 4.13. The van der Waals surface area contributed by atoms with E-state index >= 15 is 0 Å². The highest BCUT2D eigenvalue weighted by atomic mass is 19.1. The molecule has 1 aromatic carbocycles. The summed E-state index contributed by atoms with van der Waals surface area (Å²) in [6, 6.07) is 2.30. The second-order valence-corrected chi connectivity index (χ2v) is 7.82. The molecule has 0 aromatic heterocycles. The zero-order valence-corrected chi connectivity index (χ0v) is 13.9. The normalized spacial score (nSPS) is 21.5. The van der Waals surface area contributed by atoms with Gasteiger partial charge in [0.1, 0.15) is 17.4 Å². The van der Waals surface area contributed by atoms with E-state index in [0.29, 0.717) is 16.7 Å². The fourth-order valence-corrected chi connectivity index (χ4v) is 4.00. The van der Waals surface area contributed by atoms with E-state index in [1.807, 2.05) is 20.8 Å². The molecule has 0 atom stereocenters. The van der Waals surface area contributed by atoms with Crippen molar-refractivity contribution in [3.63, 3.8) is 0 Å². The number of likely N-dealkylation sites (tertiary alicyclic amines) is 1. The molecule has 1 aliphatic carbocycles. The topological polar surface area (TPSA) is 12.5 Å². The Labute approximate surface area is 131 Å². The highest BCUT2D eigenvalue weighted by Crippen LogP contribution is 2.50. The molecular formula is C18H25F2NO. The van der Waals surface area contributed by atoms with Gasteiger partial charge < -0.3 is 9.64 Å². The van der Waals surface area contributed by atoms with Crippen LogP contribution in [0.15, 0.2) is 12.1 Å². The van der Waals surface area contributed by atoms with Crippen molar-refractivity contribution >= 4 is 0 Å². The van der Waals surface area contributed by atoms with Gasteiger partial charge in [-0.25, -0.2) is 8.78 Å². The molecule has 3 rings (SSSR count). The summed E-state index contributed by atoms with van der Waals surface area (Å²) in [6.07, 6.45) is 2.83. The van der Waals surface area contributed by atoms with E-state index in [1.54, 1.807) is 0 Å². The van der Waals surface area contributed by atoms with Gasteiger partial charge in [-0.1, -0.05) is 20.8 Å². The van der Waals surface area contributed by atoms with Gasteiger partial charge >= 0.3 is 0 Å². The van der Waals surface area contributed by atoms with Gasteiger partial charge in [0.15, 0.2) is 0 Å². The Morgan fingerprint density at radius 2 is 1.91 bits per heavy atom. The van der Waals surface area contributed by atoms with Crippen LogP contribution in [0.2, 0.25) is 0 Å². The third kappa shape index (κ3) is 2.62. The molecule has 0 radical (unpaired) electrons. The van der Waals surface area contributed by atoms with Crippen LogP contribution in [-0.4, -0.2) is 31.1 Å². The maximum Gasteiger partial charge on any atom is 0.133 e. The molecule has 0 N–H and O–H groups in total. The molecule has 1 spiro atoms. The van der Waals surface area contributed by atoms with Gasteiger partial charge in [0.2, 0.25) is 0 Å². The standard InChI is InChI=1S/C18H25F2NO/c1-5-17(2,3)16-14(20)6-12(19)7-15(16)22-13-8-18(9-13)10-21(4)11-18/h6-7,13H,5,8-11H2,1-4H3. The molecule has 0 unspecified atom stereocenters. The Bertz CT molecular complexity index is 571. The van der Waals surface area contributed by atoms with Crippen molar-refractivity contribution in [2.45, 2.75) is 51.6 Å². The summed E-state index contributed by atoms with van der Waals surface area (Å²) in [6.45, 7) is 8.17. The third-order valence-corrected chi connectivity index (χ3v) is 5.41. The van der Waals surface area contributed by atoms with E-state index in [4.69, 9.17) is 4.74 Å². The number of hydrogen-bond donors (Lipinski definition) is 0. The second kappa shape index (κ2) is 5.19. The Morgan fingerprint density at radius 1 is 1.27 bits per heavy atom. The first kappa shape index (κ1) is 15.7. The molecular weight excluding hydrogens is 284 g/mol. The number of hydrogen-bond acceptors (Lipinski definition) is 2. The van der Waals surface area contributed by atoms with Crippen molar-refractivity contribution in [1.82, 2.24) is 4.90 Å². The molecule has 2 aliphatic rings. The molecule has 2 fully saturated rings. The number of nitrogens with zero attached hydrogens (tertiary/aromatic N) is 1. The molecule has 0 amide bonds. The van der Waals surface area contributed by atoms with E-state index in [-0.39, 0.29) is 11.5 Å². The van der Waals surface area contributed by atoms with Crippen LogP contribution in [0, 0.1) is 17.0 Å². The lowest BCUT2D eigenvalue weighted by Gasteiger charge is -2.57. The Morgan fingerprint density at radius 3 is 2.45 bits per heavy atom. The van der Waals surface area contributed by atoms with Crippen LogP contribution in [0.4, 0.5) is 8.78 Å². The molecule has 1 aliphatic heterocycles. The van der Waals surface area contributed by atoms with Gasteiger partial charge in [-0.3, -0.25) is 0 Å². The van der Waals surface area contributed by atoms with E-state index in [1.165, 1.54) is 6.07 Å². The zero-order chi connectivity index (χ0) is 16.1. The van der Waals surface area contributed by atoms with Crippen molar-refractivity contribution in [3.8, 4) is 5.75 Å². The van der Waals surface area contributed by atoms with Crippen LogP contribution < -0.4 is 4.74 Å². The number of benzene rings is 1. The average molecular weight is 309 g/mol. The quantitative estimate of drug-likeness (QED) is 0.829. The zero-order valence-electron chi connectivity index (χ0n) is 13.9. The molecule has 0 bridgehead atoms. The van der Waals surface area contributed by atoms with Gasteiger partial charge in [-0.2, -0.15) is 0 Å². The first-order chi connectivity index (χ1) is 10.2. The van der Waals surface area contributed by atoms with Crippen molar-refractivity contribution in [1.29, 1.82) is 0 Å². The van der Waals surface area contributed by atoms with Crippen LogP contribution in [0.25, 0.3) is 0 Å². The summed E-state index contributed by atoms with van der Waals surface area (Å²) >= 11 is 0. The predicted molar refractivity (Wildman–Crippen MR) is 83.3 cm³/mol. The monoisotopic (exact) mass is 309 g/mol. The van der Waals surface area contributed by atoms with Crippen molar-refractivity contribution < 1.29 is 13.5 Å². The van der Waals surface area contributed by atoms with Gasteiger partial charge in [-0.15, -0.1) is 0 Å². The van der Waals surface area contributed by atoms with E-state index in [9.17, 15) is 8.78 Å². The van der Waals surface area contributed by atoms with E-state index in [0.717, 1.165) is 38.4 Å². The lowest BCUT2D eigenvalue weighted by molar-refractivity contribution is -0.109. The summed E-state index contributed by atoms with van der Waals surface area (Å²) in [5.74, 6) is -0.684. The molecule has 1 aromatic rings. The van der Waals surface area contributed by atoms with Crippen LogP contribution in [0.5, 0.6) is 5.75 Å². The van der Waals surface area contributed by atoms with Crippen LogP contribution >= 0.6 is 0 Å². The van der Waals surface area contributed by atoms with Crippen molar-refractivity contribution in [2.24, 2.45) is 5.41 Å². The first-order valence-corrected chi connectivity index (χ1v) is 8.09. The summed E-state index contributed by atoms with van der Waals surface area (Å²) in [5, 5.41) is 0. The molecule has 4 heteroatoms. The fourth-order valence-electron chi connectivity index (χ4n) is 4.00. The molecule has 122 valence electrons. The number of halogens is 2. The van der Waals surface area contributed by atoms with Gasteiger partial charge in [-0.05, 0) is 31.7 Å². The maximum absolute atomic E-state index is 14.3. The minimum absolute atomic E-state index is 0.0845. The lowest BCUT2D eigenvalue weighted by atomic mass is 9.62. The fraction of sp³-hybridized carbons (Fsp3) is 0.667. The summed E-state index contributed by atoms with van der Waals surface area (Å²) in [5.41, 5.74) is 0.528. The third-order valence-electron chi connectivity index (χ3n) is 5.41. The molecule has 22 heavy (non-hydrogen) atoms. The SMILES string of the molecule is CCC(C)(C)c1c(F)cc(F)cc1OC1CC2(C1)CN(C)C2. The molecule has 1 saturated heterocycles. The van der Waals surface area contributed by atoms with Gasteiger partial charge in [0, 0.05) is 36.2 Å². The minimum atomic E-state index is -0.569. The van der Waals surface area contributed by atoms with Crippen LogP contribution in [0.1, 0.15) is 45.6 Å². The minimum Gasteiger partial charge on any atom is -0.490 e. The maximum atomic E-state index is 14.3. The average Bonchev–Trinajstić information content (AvgIpc) is 2.33. The summed E-state index contributed by atoms with van der Waals surface area (Å²) in [4.78, 5) is 2.30.